The van der Waals surface area contributed by atoms with E-state index < -0.39 is 0 Å². The van der Waals surface area contributed by atoms with E-state index in [1.54, 1.807) is 11.3 Å². The Labute approximate surface area is 102 Å². The Morgan fingerprint density at radius 1 is 1.46 bits per heavy atom. The molecule has 0 radical (unpaired) electrons. The van der Waals surface area contributed by atoms with Crippen molar-refractivity contribution in [2.45, 2.75) is 6.61 Å². The first-order valence-electron chi connectivity index (χ1n) is 3.69. The minimum absolute atomic E-state index is 0.115. The van der Waals surface area contributed by atoms with E-state index >= 15 is 0 Å². The van der Waals surface area contributed by atoms with Crippen molar-refractivity contribution in [1.82, 2.24) is 0 Å². The fraction of sp³-hybridized carbons (Fsp3) is 0.111. The van der Waals surface area contributed by atoms with Crippen LogP contribution in [0.3, 0.4) is 0 Å². The normalized spacial score (nSPS) is 11.0. The van der Waals surface area contributed by atoms with Crippen molar-refractivity contribution in [3.05, 3.63) is 31.1 Å². The number of hydrogen-bond acceptors (Lipinski definition) is 2. The van der Waals surface area contributed by atoms with Gasteiger partial charge in [-0.05, 0) is 55.5 Å². The standard InChI is InChI=1S/C9H6BrIOS/c10-7-3-5-1-2-6(4-12)8(11)9(5)13-7/h1-3,12H,4H2. The van der Waals surface area contributed by atoms with Gasteiger partial charge in [0.1, 0.15) is 0 Å². The predicted molar refractivity (Wildman–Crippen MR) is 68.2 cm³/mol. The molecule has 0 fully saturated rings. The summed E-state index contributed by atoms with van der Waals surface area (Å²) in [4.78, 5) is 0. The smallest absolute Gasteiger partial charge is 0.0711 e. The van der Waals surface area contributed by atoms with Gasteiger partial charge in [0.05, 0.1) is 10.4 Å². The number of benzene rings is 1. The van der Waals surface area contributed by atoms with Gasteiger partial charge in [0.25, 0.3) is 0 Å². The first kappa shape index (κ1) is 9.89. The van der Waals surface area contributed by atoms with Gasteiger partial charge in [0.15, 0.2) is 0 Å². The average molecular weight is 369 g/mol. The van der Waals surface area contributed by atoms with Gasteiger partial charge in [-0.3, -0.25) is 0 Å². The zero-order valence-corrected chi connectivity index (χ0v) is 11.1. The lowest BCUT2D eigenvalue weighted by Crippen LogP contribution is -1.86. The Kier molecular flexibility index (Phi) is 2.92. The molecule has 0 bridgehead atoms. The second kappa shape index (κ2) is 3.84. The van der Waals surface area contributed by atoms with Gasteiger partial charge >= 0.3 is 0 Å². The Hall–Kier alpha value is 0.350. The number of rotatable bonds is 1. The maximum atomic E-state index is 9.07. The van der Waals surface area contributed by atoms with Crippen molar-refractivity contribution in [3.63, 3.8) is 0 Å². The van der Waals surface area contributed by atoms with Gasteiger partial charge in [0.2, 0.25) is 0 Å². The monoisotopic (exact) mass is 368 g/mol. The quantitative estimate of drug-likeness (QED) is 0.760. The highest BCUT2D eigenvalue weighted by Gasteiger charge is 2.06. The molecule has 1 aromatic heterocycles. The van der Waals surface area contributed by atoms with Gasteiger partial charge in [-0.1, -0.05) is 12.1 Å². The van der Waals surface area contributed by atoms with E-state index in [1.165, 1.54) is 10.1 Å². The third-order valence-corrected chi connectivity index (χ3v) is 5.12. The molecular formula is C9H6BrIOS. The van der Waals surface area contributed by atoms with Gasteiger partial charge in [-0.25, -0.2) is 0 Å². The third-order valence-electron chi connectivity index (χ3n) is 1.85. The third kappa shape index (κ3) is 1.77. The SMILES string of the molecule is OCc1ccc2cc(Br)sc2c1I. The summed E-state index contributed by atoms with van der Waals surface area (Å²) in [5, 5.41) is 10.3. The van der Waals surface area contributed by atoms with E-state index in [9.17, 15) is 0 Å². The second-order valence-corrected chi connectivity index (χ2v) is 6.18. The van der Waals surface area contributed by atoms with Crippen LogP contribution in [0, 0.1) is 3.57 Å². The van der Waals surface area contributed by atoms with E-state index in [-0.39, 0.29) is 6.61 Å². The largest absolute Gasteiger partial charge is 0.392 e. The molecule has 13 heavy (non-hydrogen) atoms. The summed E-state index contributed by atoms with van der Waals surface area (Å²) in [5.41, 5.74) is 1.00. The molecule has 1 nitrogen and oxygen atoms in total. The highest BCUT2D eigenvalue weighted by Crippen LogP contribution is 2.34. The fourth-order valence-electron chi connectivity index (χ4n) is 1.20. The summed E-state index contributed by atoms with van der Waals surface area (Å²) in [7, 11) is 0. The second-order valence-electron chi connectivity index (χ2n) is 2.67. The number of halogens is 2. The van der Waals surface area contributed by atoms with Crippen molar-refractivity contribution in [2.24, 2.45) is 0 Å². The minimum atomic E-state index is 0.115. The molecule has 0 saturated heterocycles. The maximum Gasteiger partial charge on any atom is 0.0711 e. The molecule has 2 aromatic rings. The van der Waals surface area contributed by atoms with Crippen molar-refractivity contribution in [1.29, 1.82) is 0 Å². The molecule has 1 heterocycles. The molecule has 0 unspecified atom stereocenters. The van der Waals surface area contributed by atoms with Crippen LogP contribution in [0.4, 0.5) is 0 Å². The Bertz CT molecular complexity index is 452. The van der Waals surface area contributed by atoms with Crippen LogP contribution >= 0.6 is 49.9 Å². The van der Waals surface area contributed by atoms with Crippen LogP contribution in [0.25, 0.3) is 10.1 Å². The zero-order valence-electron chi connectivity index (χ0n) is 6.55. The van der Waals surface area contributed by atoms with Gasteiger partial charge in [-0.15, -0.1) is 11.3 Å². The number of thiophene rings is 1. The van der Waals surface area contributed by atoms with E-state index in [2.05, 4.69) is 44.6 Å². The summed E-state index contributed by atoms with van der Waals surface area (Å²) in [6.07, 6.45) is 0. The lowest BCUT2D eigenvalue weighted by atomic mass is 10.2. The van der Waals surface area contributed by atoms with Crippen LogP contribution in [-0.2, 0) is 6.61 Å². The summed E-state index contributed by atoms with van der Waals surface area (Å²) in [6.45, 7) is 0.115. The molecule has 0 saturated carbocycles. The number of hydrogen-bond donors (Lipinski definition) is 1. The van der Waals surface area contributed by atoms with Crippen LogP contribution in [-0.4, -0.2) is 5.11 Å². The summed E-state index contributed by atoms with van der Waals surface area (Å²) in [5.74, 6) is 0. The van der Waals surface area contributed by atoms with Crippen molar-refractivity contribution < 1.29 is 5.11 Å². The molecule has 68 valence electrons. The zero-order chi connectivity index (χ0) is 9.42. The fourth-order valence-corrected chi connectivity index (χ4v) is 3.77. The predicted octanol–water partition coefficient (Wildman–Crippen LogP) is 3.76. The van der Waals surface area contributed by atoms with Crippen LogP contribution in [0.1, 0.15) is 5.56 Å². The van der Waals surface area contributed by atoms with Gasteiger partial charge in [-0.2, -0.15) is 0 Å². The minimum Gasteiger partial charge on any atom is -0.392 e. The molecule has 2 rings (SSSR count). The number of aliphatic hydroxyl groups is 1. The summed E-state index contributed by atoms with van der Waals surface area (Å²) in [6, 6.07) is 6.12. The number of fused-ring (bicyclic) bond motifs is 1. The Balaban J connectivity index is 2.78. The van der Waals surface area contributed by atoms with E-state index in [0.717, 1.165) is 12.9 Å². The first-order valence-corrected chi connectivity index (χ1v) is 6.38. The first-order chi connectivity index (χ1) is 6.22. The van der Waals surface area contributed by atoms with Crippen LogP contribution in [0.15, 0.2) is 22.0 Å². The van der Waals surface area contributed by atoms with E-state index in [1.807, 2.05) is 12.1 Å². The summed E-state index contributed by atoms with van der Waals surface area (Å²) >= 11 is 7.45. The molecule has 0 aliphatic carbocycles. The Morgan fingerprint density at radius 2 is 2.23 bits per heavy atom. The Morgan fingerprint density at radius 3 is 2.92 bits per heavy atom. The maximum absolute atomic E-state index is 9.07. The number of aliphatic hydroxyl groups excluding tert-OH is 1. The summed E-state index contributed by atoms with van der Waals surface area (Å²) < 4.78 is 3.54. The van der Waals surface area contributed by atoms with Gasteiger partial charge in [0, 0.05) is 8.27 Å². The lowest BCUT2D eigenvalue weighted by Gasteiger charge is -2.00. The topological polar surface area (TPSA) is 20.2 Å². The van der Waals surface area contributed by atoms with E-state index in [4.69, 9.17) is 5.11 Å². The van der Waals surface area contributed by atoms with Crippen molar-refractivity contribution in [3.8, 4) is 0 Å². The van der Waals surface area contributed by atoms with Crippen molar-refractivity contribution >= 4 is 59.9 Å². The molecule has 4 heteroatoms. The van der Waals surface area contributed by atoms with Gasteiger partial charge < -0.3 is 5.11 Å². The molecule has 0 atom stereocenters. The molecule has 1 aromatic carbocycles. The lowest BCUT2D eigenvalue weighted by molar-refractivity contribution is 0.281. The molecular weight excluding hydrogens is 363 g/mol. The van der Waals surface area contributed by atoms with Crippen molar-refractivity contribution in [2.75, 3.05) is 0 Å². The highest BCUT2D eigenvalue weighted by molar-refractivity contribution is 14.1. The average Bonchev–Trinajstić information content (AvgIpc) is 2.47. The van der Waals surface area contributed by atoms with Crippen LogP contribution in [0.5, 0.6) is 0 Å². The molecule has 0 amide bonds. The highest BCUT2D eigenvalue weighted by atomic mass is 127. The van der Waals surface area contributed by atoms with Crippen LogP contribution < -0.4 is 0 Å². The van der Waals surface area contributed by atoms with Crippen LogP contribution in [0.2, 0.25) is 0 Å². The molecule has 0 aliphatic rings. The molecule has 1 N–H and O–H groups in total. The molecule has 0 spiro atoms. The molecule has 0 aliphatic heterocycles. The van der Waals surface area contributed by atoms with E-state index in [0.29, 0.717) is 0 Å².